The second kappa shape index (κ2) is 9.33. The summed E-state index contributed by atoms with van der Waals surface area (Å²) < 4.78 is 26.7. The molecular formula is C24H24N4O3S. The van der Waals surface area contributed by atoms with Gasteiger partial charge in [0.2, 0.25) is 10.0 Å². The highest BCUT2D eigenvalue weighted by atomic mass is 32.2. The summed E-state index contributed by atoms with van der Waals surface area (Å²) in [6.45, 7) is 2.01. The number of para-hydroxylation sites is 2. The van der Waals surface area contributed by atoms with Gasteiger partial charge < -0.3 is 10.3 Å². The topological polar surface area (TPSA) is 104 Å². The molecule has 0 aliphatic heterocycles. The summed E-state index contributed by atoms with van der Waals surface area (Å²) in [6, 6.07) is 23.1. The molecule has 1 heterocycles. The molecule has 1 aromatic heterocycles. The van der Waals surface area contributed by atoms with E-state index in [2.05, 4.69) is 20.0 Å². The molecule has 0 unspecified atom stereocenters. The molecule has 4 aromatic rings. The summed E-state index contributed by atoms with van der Waals surface area (Å²) >= 11 is 0. The van der Waals surface area contributed by atoms with Gasteiger partial charge in [-0.25, -0.2) is 18.1 Å². The number of fused-ring (bicyclic) bond motifs is 1. The van der Waals surface area contributed by atoms with E-state index in [0.717, 1.165) is 16.6 Å². The van der Waals surface area contributed by atoms with Crippen molar-refractivity contribution in [3.8, 4) is 0 Å². The molecule has 0 aliphatic carbocycles. The minimum absolute atomic E-state index is 0.119. The zero-order valence-electron chi connectivity index (χ0n) is 17.6. The summed E-state index contributed by atoms with van der Waals surface area (Å²) in [4.78, 5) is 21.1. The van der Waals surface area contributed by atoms with Crippen LogP contribution in [0.25, 0.3) is 11.0 Å². The maximum Gasteiger partial charge on any atom is 0.251 e. The minimum atomic E-state index is -3.57. The molecule has 32 heavy (non-hydrogen) atoms. The second-order valence-electron chi connectivity index (χ2n) is 7.38. The Kier molecular flexibility index (Phi) is 6.34. The van der Waals surface area contributed by atoms with Crippen molar-refractivity contribution in [2.24, 2.45) is 0 Å². The summed E-state index contributed by atoms with van der Waals surface area (Å²) in [5.74, 6) is 0.355. The molecule has 4 rings (SSSR count). The molecule has 8 heteroatoms. The van der Waals surface area contributed by atoms with Crippen molar-refractivity contribution in [1.82, 2.24) is 20.0 Å². The largest absolute Gasteiger partial charge is 0.342 e. The Balaban J connectivity index is 1.59. The number of H-pyrrole nitrogens is 1. The van der Waals surface area contributed by atoms with Crippen molar-refractivity contribution in [2.75, 3.05) is 6.54 Å². The third-order valence-corrected chi connectivity index (χ3v) is 6.65. The van der Waals surface area contributed by atoms with Crippen LogP contribution in [-0.2, 0) is 16.4 Å². The highest BCUT2D eigenvalue weighted by Crippen LogP contribution is 2.21. The fraction of sp³-hybridized carbons (Fsp3) is 0.167. The zero-order chi connectivity index (χ0) is 22.6. The highest BCUT2D eigenvalue weighted by Gasteiger charge is 2.21. The van der Waals surface area contributed by atoms with Crippen LogP contribution in [0, 0.1) is 0 Å². The Morgan fingerprint density at radius 3 is 2.34 bits per heavy atom. The van der Waals surface area contributed by atoms with E-state index in [1.807, 2.05) is 54.6 Å². The summed E-state index contributed by atoms with van der Waals surface area (Å²) in [6.07, 6.45) is 0.555. The number of aromatic nitrogens is 2. The first kappa shape index (κ1) is 21.7. The number of sulfonamides is 1. The Bertz CT molecular complexity index is 1280. The van der Waals surface area contributed by atoms with Crippen molar-refractivity contribution in [2.45, 2.75) is 24.3 Å². The molecule has 0 bridgehead atoms. The SMILES string of the molecule is CCNS(=O)(=O)c1ccc(C(=O)N[C@@H](Cc2ccccc2)c2nc3ccccc3[nH]2)cc1. The van der Waals surface area contributed by atoms with E-state index >= 15 is 0 Å². The van der Waals surface area contributed by atoms with E-state index < -0.39 is 10.0 Å². The van der Waals surface area contributed by atoms with Crippen molar-refractivity contribution in [3.05, 3.63) is 95.8 Å². The molecule has 3 aromatic carbocycles. The van der Waals surface area contributed by atoms with E-state index in [0.29, 0.717) is 24.4 Å². The number of amides is 1. The first-order chi connectivity index (χ1) is 15.5. The Morgan fingerprint density at radius 1 is 0.969 bits per heavy atom. The van der Waals surface area contributed by atoms with Crippen molar-refractivity contribution < 1.29 is 13.2 Å². The van der Waals surface area contributed by atoms with Gasteiger partial charge in [-0.05, 0) is 48.4 Å². The highest BCUT2D eigenvalue weighted by molar-refractivity contribution is 7.89. The van der Waals surface area contributed by atoms with Crippen molar-refractivity contribution >= 4 is 27.0 Å². The molecule has 0 fully saturated rings. The van der Waals surface area contributed by atoms with E-state index in [1.54, 1.807) is 6.92 Å². The zero-order valence-corrected chi connectivity index (χ0v) is 18.4. The van der Waals surface area contributed by atoms with Crippen molar-refractivity contribution in [1.29, 1.82) is 0 Å². The maximum atomic E-state index is 13.0. The lowest BCUT2D eigenvalue weighted by Crippen LogP contribution is -2.31. The maximum absolute atomic E-state index is 13.0. The van der Waals surface area contributed by atoms with Crippen LogP contribution in [0.15, 0.2) is 83.8 Å². The molecule has 0 saturated heterocycles. The average Bonchev–Trinajstić information content (AvgIpc) is 3.24. The van der Waals surface area contributed by atoms with Gasteiger partial charge in [-0.3, -0.25) is 4.79 Å². The van der Waals surface area contributed by atoms with Crippen LogP contribution >= 0.6 is 0 Å². The number of rotatable bonds is 8. The molecule has 1 atom stereocenters. The lowest BCUT2D eigenvalue weighted by atomic mass is 10.0. The fourth-order valence-electron chi connectivity index (χ4n) is 3.50. The number of hydrogen-bond donors (Lipinski definition) is 3. The van der Waals surface area contributed by atoms with Gasteiger partial charge in [-0.1, -0.05) is 49.4 Å². The Morgan fingerprint density at radius 2 is 1.66 bits per heavy atom. The van der Waals surface area contributed by atoms with E-state index in [9.17, 15) is 13.2 Å². The normalized spacial score (nSPS) is 12.5. The van der Waals surface area contributed by atoms with Gasteiger partial charge in [0.05, 0.1) is 22.0 Å². The lowest BCUT2D eigenvalue weighted by molar-refractivity contribution is 0.0934. The van der Waals surface area contributed by atoms with Crippen LogP contribution in [0.5, 0.6) is 0 Å². The Hall–Kier alpha value is -3.49. The summed E-state index contributed by atoms with van der Waals surface area (Å²) in [5, 5.41) is 3.04. The first-order valence-corrected chi connectivity index (χ1v) is 11.8. The predicted octanol–water partition coefficient (Wildman–Crippen LogP) is 3.57. The molecule has 0 saturated carbocycles. The van der Waals surface area contributed by atoms with E-state index in [1.165, 1.54) is 24.3 Å². The monoisotopic (exact) mass is 448 g/mol. The predicted molar refractivity (Wildman–Crippen MR) is 124 cm³/mol. The minimum Gasteiger partial charge on any atom is -0.342 e. The number of nitrogens with one attached hydrogen (secondary N) is 3. The quantitative estimate of drug-likeness (QED) is 0.383. The van der Waals surface area contributed by atoms with Gasteiger partial charge in [0.25, 0.3) is 5.91 Å². The van der Waals surface area contributed by atoms with Gasteiger partial charge in [0.1, 0.15) is 5.82 Å². The number of carbonyl (C=O) groups is 1. The van der Waals surface area contributed by atoms with Crippen molar-refractivity contribution in [3.63, 3.8) is 0 Å². The number of imidazole rings is 1. The smallest absolute Gasteiger partial charge is 0.251 e. The van der Waals surface area contributed by atoms with Gasteiger partial charge in [-0.15, -0.1) is 0 Å². The molecule has 7 nitrogen and oxygen atoms in total. The molecule has 0 radical (unpaired) electrons. The number of hydrogen-bond acceptors (Lipinski definition) is 4. The third-order valence-electron chi connectivity index (χ3n) is 5.09. The second-order valence-corrected chi connectivity index (χ2v) is 9.15. The molecule has 164 valence electrons. The third kappa shape index (κ3) is 4.87. The first-order valence-electron chi connectivity index (χ1n) is 10.4. The molecule has 0 aliphatic rings. The van der Waals surface area contributed by atoms with Crippen LogP contribution < -0.4 is 10.0 Å². The van der Waals surface area contributed by atoms with Crippen LogP contribution in [0.3, 0.4) is 0 Å². The number of carbonyl (C=O) groups excluding carboxylic acids is 1. The van der Waals surface area contributed by atoms with E-state index in [4.69, 9.17) is 0 Å². The fourth-order valence-corrected chi connectivity index (χ4v) is 4.54. The van der Waals surface area contributed by atoms with Crippen LogP contribution in [0.2, 0.25) is 0 Å². The van der Waals surface area contributed by atoms with Crippen LogP contribution in [0.4, 0.5) is 0 Å². The van der Waals surface area contributed by atoms with Gasteiger partial charge >= 0.3 is 0 Å². The molecule has 0 spiro atoms. The van der Waals surface area contributed by atoms with Gasteiger partial charge in [-0.2, -0.15) is 0 Å². The molecule has 1 amide bonds. The number of nitrogens with zero attached hydrogens (tertiary/aromatic N) is 1. The average molecular weight is 449 g/mol. The summed E-state index contributed by atoms with van der Waals surface area (Å²) in [5.41, 5.74) is 3.15. The number of benzene rings is 3. The van der Waals surface area contributed by atoms with Gasteiger partial charge in [0, 0.05) is 12.1 Å². The Labute approximate surface area is 187 Å². The van der Waals surface area contributed by atoms with E-state index in [-0.39, 0.29) is 16.8 Å². The lowest BCUT2D eigenvalue weighted by Gasteiger charge is -2.17. The number of aromatic amines is 1. The molecular weight excluding hydrogens is 424 g/mol. The van der Waals surface area contributed by atoms with Gasteiger partial charge in [0.15, 0.2) is 0 Å². The standard InChI is InChI=1S/C24H24N4O3S/c1-2-25-32(30,31)19-14-12-18(13-15-19)24(29)28-22(16-17-8-4-3-5-9-17)23-26-20-10-6-7-11-21(20)27-23/h3-15,22,25H,2,16H2,1H3,(H,26,27)(H,28,29)/t22-/m0/s1. The van der Waals surface area contributed by atoms with Crippen LogP contribution in [0.1, 0.15) is 34.7 Å². The van der Waals surface area contributed by atoms with Crippen LogP contribution in [-0.4, -0.2) is 30.8 Å². The summed E-state index contributed by atoms with van der Waals surface area (Å²) in [7, 11) is -3.57. The molecule has 3 N–H and O–H groups in total.